The molecule has 1 saturated heterocycles. The number of hydrogen-bond donors (Lipinski definition) is 0. The van der Waals surface area contributed by atoms with E-state index in [2.05, 4.69) is 11.7 Å². The zero-order valence-corrected chi connectivity index (χ0v) is 11.3. The zero-order chi connectivity index (χ0) is 12.9. The molecule has 1 unspecified atom stereocenters. The number of esters is 1. The second kappa shape index (κ2) is 6.35. The molecule has 0 bridgehead atoms. The highest BCUT2D eigenvalue weighted by Gasteiger charge is 2.29. The molecule has 0 aliphatic carbocycles. The fourth-order valence-corrected chi connectivity index (χ4v) is 3.60. The van der Waals surface area contributed by atoms with Crippen LogP contribution < -0.4 is 0 Å². The Morgan fingerprint density at radius 1 is 1.47 bits per heavy atom. The minimum atomic E-state index is -3.18. The van der Waals surface area contributed by atoms with Gasteiger partial charge in [-0.25, -0.2) is 12.7 Å². The number of methoxy groups -OCH3 is 1. The fourth-order valence-electron chi connectivity index (χ4n) is 2.01. The lowest BCUT2D eigenvalue weighted by Gasteiger charge is -2.15. The van der Waals surface area contributed by atoms with E-state index in [1.165, 1.54) is 7.11 Å². The molecule has 1 fully saturated rings. The van der Waals surface area contributed by atoms with Crippen molar-refractivity contribution in [3.63, 3.8) is 0 Å². The lowest BCUT2D eigenvalue weighted by molar-refractivity contribution is -0.140. The summed E-state index contributed by atoms with van der Waals surface area (Å²) in [5.41, 5.74) is 0. The Balaban J connectivity index is 2.39. The number of ether oxygens (including phenoxy) is 1. The van der Waals surface area contributed by atoms with Gasteiger partial charge in [0.25, 0.3) is 0 Å². The average molecular weight is 263 g/mol. The maximum Gasteiger partial charge on any atom is 0.305 e. The third kappa shape index (κ3) is 4.27. The average Bonchev–Trinajstić information content (AvgIpc) is 2.77. The molecule has 0 spiro atoms. The van der Waals surface area contributed by atoms with Gasteiger partial charge in [0, 0.05) is 19.5 Å². The first-order chi connectivity index (χ1) is 7.99. The van der Waals surface area contributed by atoms with Crippen molar-refractivity contribution in [3.05, 3.63) is 0 Å². The molecule has 0 saturated carbocycles. The minimum Gasteiger partial charge on any atom is -0.469 e. The normalized spacial score (nSPS) is 21.6. The van der Waals surface area contributed by atoms with Crippen LogP contribution in [0.25, 0.3) is 0 Å². The molecule has 17 heavy (non-hydrogen) atoms. The number of rotatable bonds is 6. The van der Waals surface area contributed by atoms with Crippen LogP contribution in [-0.2, 0) is 19.6 Å². The summed E-state index contributed by atoms with van der Waals surface area (Å²) >= 11 is 0. The van der Waals surface area contributed by atoms with Gasteiger partial charge in [-0.2, -0.15) is 0 Å². The molecule has 1 aliphatic heterocycles. The number of carbonyl (C=O) groups excluding carboxylic acids is 1. The topological polar surface area (TPSA) is 63.7 Å². The summed E-state index contributed by atoms with van der Waals surface area (Å²) in [6.07, 6.45) is 2.48. The molecular weight excluding hydrogens is 242 g/mol. The summed E-state index contributed by atoms with van der Waals surface area (Å²) in [6.45, 7) is 3.34. The third-order valence-electron chi connectivity index (χ3n) is 3.23. The van der Waals surface area contributed by atoms with Crippen molar-refractivity contribution in [2.75, 3.05) is 26.0 Å². The summed E-state index contributed by atoms with van der Waals surface area (Å²) in [4.78, 5) is 10.9. The SMILES string of the molecule is CCC1CCN(S(=O)(=O)CCCC(=O)OC)C1. The van der Waals surface area contributed by atoms with Crippen molar-refractivity contribution >= 4 is 16.0 Å². The van der Waals surface area contributed by atoms with Crippen molar-refractivity contribution < 1.29 is 17.9 Å². The van der Waals surface area contributed by atoms with E-state index in [-0.39, 0.29) is 18.1 Å². The van der Waals surface area contributed by atoms with Crippen molar-refractivity contribution in [1.82, 2.24) is 4.31 Å². The van der Waals surface area contributed by atoms with E-state index < -0.39 is 10.0 Å². The molecule has 0 N–H and O–H groups in total. The molecule has 1 heterocycles. The highest BCUT2D eigenvalue weighted by molar-refractivity contribution is 7.89. The second-order valence-electron chi connectivity index (χ2n) is 4.42. The Kier molecular flexibility index (Phi) is 5.39. The smallest absolute Gasteiger partial charge is 0.305 e. The fraction of sp³-hybridized carbons (Fsp3) is 0.909. The molecular formula is C11H21NO4S. The number of nitrogens with zero attached hydrogens (tertiary/aromatic N) is 1. The number of hydrogen-bond acceptors (Lipinski definition) is 4. The van der Waals surface area contributed by atoms with Crippen LogP contribution in [0, 0.1) is 5.92 Å². The zero-order valence-electron chi connectivity index (χ0n) is 10.5. The summed E-state index contributed by atoms with van der Waals surface area (Å²) in [5.74, 6) is 0.178. The van der Waals surface area contributed by atoms with Crippen molar-refractivity contribution in [2.24, 2.45) is 5.92 Å². The van der Waals surface area contributed by atoms with Crippen molar-refractivity contribution in [2.45, 2.75) is 32.6 Å². The highest BCUT2D eigenvalue weighted by Crippen LogP contribution is 2.22. The van der Waals surface area contributed by atoms with Gasteiger partial charge in [-0.05, 0) is 18.8 Å². The molecule has 1 atom stereocenters. The summed E-state index contributed by atoms with van der Waals surface area (Å²) in [6, 6.07) is 0. The monoisotopic (exact) mass is 263 g/mol. The van der Waals surface area contributed by atoms with Gasteiger partial charge in [0.1, 0.15) is 0 Å². The summed E-state index contributed by atoms with van der Waals surface area (Å²) in [5, 5.41) is 0. The summed E-state index contributed by atoms with van der Waals surface area (Å²) in [7, 11) is -1.87. The summed E-state index contributed by atoms with van der Waals surface area (Å²) < 4.78 is 29.9. The quantitative estimate of drug-likeness (QED) is 0.671. The first kappa shape index (κ1) is 14.4. The molecule has 6 heteroatoms. The van der Waals surface area contributed by atoms with E-state index in [0.29, 0.717) is 25.4 Å². The Morgan fingerprint density at radius 3 is 2.71 bits per heavy atom. The third-order valence-corrected chi connectivity index (χ3v) is 5.15. The predicted octanol–water partition coefficient (Wildman–Crippen LogP) is 1.00. The maximum atomic E-state index is 11.9. The first-order valence-corrected chi connectivity index (χ1v) is 7.65. The van der Waals surface area contributed by atoms with E-state index in [4.69, 9.17) is 0 Å². The van der Waals surface area contributed by atoms with Crippen LogP contribution >= 0.6 is 0 Å². The Bertz CT molecular complexity index is 352. The van der Waals surface area contributed by atoms with Crippen molar-refractivity contribution in [3.8, 4) is 0 Å². The lowest BCUT2D eigenvalue weighted by atomic mass is 10.1. The molecule has 0 aromatic heterocycles. The lowest BCUT2D eigenvalue weighted by Crippen LogP contribution is -2.31. The second-order valence-corrected chi connectivity index (χ2v) is 6.51. The van der Waals surface area contributed by atoms with Gasteiger partial charge in [-0.3, -0.25) is 4.79 Å². The highest BCUT2D eigenvalue weighted by atomic mass is 32.2. The van der Waals surface area contributed by atoms with Crippen LogP contribution in [0.3, 0.4) is 0 Å². The van der Waals surface area contributed by atoms with Crippen LogP contribution in [0.2, 0.25) is 0 Å². The Labute approximate surface area is 103 Å². The molecule has 0 aromatic rings. The van der Waals surface area contributed by atoms with Crippen LogP contribution in [0.5, 0.6) is 0 Å². The Morgan fingerprint density at radius 2 is 2.18 bits per heavy atom. The van der Waals surface area contributed by atoms with Gasteiger partial charge in [0.2, 0.25) is 10.0 Å². The van der Waals surface area contributed by atoms with E-state index >= 15 is 0 Å². The van der Waals surface area contributed by atoms with E-state index in [1.807, 2.05) is 0 Å². The van der Waals surface area contributed by atoms with E-state index in [9.17, 15) is 13.2 Å². The van der Waals surface area contributed by atoms with Crippen LogP contribution in [0.4, 0.5) is 0 Å². The molecule has 0 radical (unpaired) electrons. The van der Waals surface area contributed by atoms with Crippen LogP contribution in [0.15, 0.2) is 0 Å². The van der Waals surface area contributed by atoms with E-state index in [0.717, 1.165) is 12.8 Å². The van der Waals surface area contributed by atoms with Gasteiger partial charge in [-0.1, -0.05) is 13.3 Å². The first-order valence-electron chi connectivity index (χ1n) is 6.04. The van der Waals surface area contributed by atoms with Gasteiger partial charge in [0.05, 0.1) is 12.9 Å². The molecule has 1 rings (SSSR count). The molecule has 100 valence electrons. The number of carbonyl (C=O) groups is 1. The molecule has 0 aromatic carbocycles. The molecule has 0 amide bonds. The molecule has 1 aliphatic rings. The standard InChI is InChI=1S/C11H21NO4S/c1-3-10-6-7-12(9-10)17(14,15)8-4-5-11(13)16-2/h10H,3-9H2,1-2H3. The van der Waals surface area contributed by atoms with Gasteiger partial charge >= 0.3 is 5.97 Å². The van der Waals surface area contributed by atoms with Crippen LogP contribution in [0.1, 0.15) is 32.6 Å². The minimum absolute atomic E-state index is 0.0402. The predicted molar refractivity (Wildman–Crippen MR) is 65.0 cm³/mol. The van der Waals surface area contributed by atoms with Crippen molar-refractivity contribution in [1.29, 1.82) is 0 Å². The number of sulfonamides is 1. The molecule has 5 nitrogen and oxygen atoms in total. The largest absolute Gasteiger partial charge is 0.469 e. The van der Waals surface area contributed by atoms with Gasteiger partial charge in [-0.15, -0.1) is 0 Å². The maximum absolute atomic E-state index is 11.9. The van der Waals surface area contributed by atoms with Gasteiger partial charge < -0.3 is 4.74 Å². The van der Waals surface area contributed by atoms with Crippen LogP contribution in [-0.4, -0.2) is 44.6 Å². The van der Waals surface area contributed by atoms with E-state index in [1.54, 1.807) is 4.31 Å². The van der Waals surface area contributed by atoms with Gasteiger partial charge in [0.15, 0.2) is 0 Å². The Hall–Kier alpha value is -0.620.